The lowest BCUT2D eigenvalue weighted by molar-refractivity contribution is -0.0578. The Hall–Kier alpha value is -2.02. The van der Waals surface area contributed by atoms with Crippen LogP contribution in [0.15, 0.2) is 6.33 Å². The maximum atomic E-state index is 13.5. The maximum Gasteiger partial charge on any atom is 0.312 e. The number of terminal acetylenes is 1. The molecule has 9 heteroatoms. The lowest BCUT2D eigenvalue weighted by Gasteiger charge is -2.30. The van der Waals surface area contributed by atoms with Gasteiger partial charge in [0.25, 0.3) is 0 Å². The predicted molar refractivity (Wildman–Crippen MR) is 99.3 cm³/mol. The zero-order valence-corrected chi connectivity index (χ0v) is 16.6. The molecule has 0 amide bonds. The van der Waals surface area contributed by atoms with E-state index in [-0.39, 0.29) is 10.9 Å². The first-order valence-electron chi connectivity index (χ1n) is 8.58. The summed E-state index contributed by atoms with van der Waals surface area (Å²) in [5.74, 6) is 2.76. The van der Waals surface area contributed by atoms with Gasteiger partial charge in [-0.1, -0.05) is 26.7 Å². The molecule has 0 radical (unpaired) electrons. The zero-order chi connectivity index (χ0) is 19.1. The van der Waals surface area contributed by atoms with Gasteiger partial charge in [0.15, 0.2) is 31.6 Å². The van der Waals surface area contributed by atoms with E-state index in [2.05, 4.69) is 48.2 Å². The fourth-order valence-corrected chi connectivity index (χ4v) is 3.84. The van der Waals surface area contributed by atoms with Crippen LogP contribution in [0, 0.1) is 18.4 Å². The molecule has 1 aliphatic rings. The molecular formula is C17H24FN5O2Si. The van der Waals surface area contributed by atoms with Crippen molar-refractivity contribution >= 4 is 26.0 Å². The molecule has 1 aliphatic heterocycles. The van der Waals surface area contributed by atoms with E-state index in [1.165, 1.54) is 6.33 Å². The van der Waals surface area contributed by atoms with Crippen molar-refractivity contribution in [3.05, 3.63) is 12.4 Å². The standard InChI is InChI=1S/C17H24FN5O2Si/c1-6-17(9-24-26(5)16(2,3)4)8-7-11(25-17)23-10-20-12-13(19)21-15(18)22-14(12)23/h1,10-11,26H,7-9H2,2-5H3,(H2,19,21,22)/t11-,17+,26?/m1/s1. The van der Waals surface area contributed by atoms with E-state index in [4.69, 9.17) is 21.3 Å². The highest BCUT2D eigenvalue weighted by Gasteiger charge is 2.41. The average molecular weight is 377 g/mol. The highest BCUT2D eigenvalue weighted by atomic mass is 28.3. The molecule has 2 N–H and O–H groups in total. The molecule has 0 bridgehead atoms. The summed E-state index contributed by atoms with van der Waals surface area (Å²) in [5, 5.41) is 0.139. The number of nitrogens with two attached hydrogens (primary N) is 1. The quantitative estimate of drug-likeness (QED) is 0.500. The molecule has 0 spiro atoms. The van der Waals surface area contributed by atoms with Crippen molar-refractivity contribution in [3.63, 3.8) is 0 Å². The molecule has 1 saturated heterocycles. The lowest BCUT2D eigenvalue weighted by Crippen LogP contribution is -2.37. The summed E-state index contributed by atoms with van der Waals surface area (Å²) in [4.78, 5) is 11.5. The fourth-order valence-electron chi connectivity index (χ4n) is 2.82. The Morgan fingerprint density at radius 3 is 2.92 bits per heavy atom. The highest BCUT2D eigenvalue weighted by Crippen LogP contribution is 2.38. The summed E-state index contributed by atoms with van der Waals surface area (Å²) in [5.41, 5.74) is 5.56. The average Bonchev–Trinajstić information content (AvgIpc) is 3.16. The SMILES string of the molecule is C#C[C@@]1(CO[SiH](C)C(C)(C)C)CC[C@H](n2cnc3c(N)nc(F)nc32)O1. The Bertz CT molecular complexity index is 859. The van der Waals surface area contributed by atoms with Crippen LogP contribution in [0.5, 0.6) is 0 Å². The third-order valence-electron chi connectivity index (χ3n) is 4.94. The Morgan fingerprint density at radius 1 is 1.54 bits per heavy atom. The van der Waals surface area contributed by atoms with Gasteiger partial charge in [-0.05, 0) is 24.4 Å². The van der Waals surface area contributed by atoms with E-state index in [0.717, 1.165) is 0 Å². The smallest absolute Gasteiger partial charge is 0.312 e. The lowest BCUT2D eigenvalue weighted by atomic mass is 10.0. The van der Waals surface area contributed by atoms with Gasteiger partial charge in [-0.15, -0.1) is 6.42 Å². The van der Waals surface area contributed by atoms with Gasteiger partial charge in [0.05, 0.1) is 12.9 Å². The number of rotatable bonds is 4. The molecule has 0 aliphatic carbocycles. The van der Waals surface area contributed by atoms with Crippen molar-refractivity contribution in [3.8, 4) is 12.3 Å². The third-order valence-corrected chi connectivity index (χ3v) is 8.04. The number of aromatic nitrogens is 4. The first-order valence-corrected chi connectivity index (χ1v) is 10.8. The highest BCUT2D eigenvalue weighted by molar-refractivity contribution is 6.53. The number of hydrogen-bond acceptors (Lipinski definition) is 6. The van der Waals surface area contributed by atoms with Crippen LogP contribution in [-0.2, 0) is 9.16 Å². The number of halogens is 1. The van der Waals surface area contributed by atoms with Crippen molar-refractivity contribution < 1.29 is 13.6 Å². The first-order chi connectivity index (χ1) is 12.1. The number of fused-ring (bicyclic) bond motifs is 1. The number of imidazole rings is 1. The summed E-state index contributed by atoms with van der Waals surface area (Å²) in [6.45, 7) is 9.01. The second kappa shape index (κ2) is 6.61. The van der Waals surface area contributed by atoms with E-state index >= 15 is 0 Å². The Morgan fingerprint density at radius 2 is 2.27 bits per heavy atom. The Kier molecular flexibility index (Phi) is 4.77. The largest absolute Gasteiger partial charge is 0.416 e. The van der Waals surface area contributed by atoms with Gasteiger partial charge in [0.2, 0.25) is 0 Å². The number of nitrogens with zero attached hydrogens (tertiary/aromatic N) is 4. The van der Waals surface area contributed by atoms with Crippen LogP contribution in [0.2, 0.25) is 11.6 Å². The second-order valence-corrected chi connectivity index (χ2v) is 11.1. The van der Waals surface area contributed by atoms with Crippen molar-refractivity contribution in [2.24, 2.45) is 0 Å². The number of nitrogen functional groups attached to an aromatic ring is 1. The van der Waals surface area contributed by atoms with E-state index in [0.29, 0.717) is 30.6 Å². The van der Waals surface area contributed by atoms with Gasteiger partial charge in [0.1, 0.15) is 6.23 Å². The van der Waals surface area contributed by atoms with Crippen LogP contribution in [0.4, 0.5) is 10.2 Å². The van der Waals surface area contributed by atoms with Gasteiger partial charge >= 0.3 is 6.08 Å². The van der Waals surface area contributed by atoms with Crippen molar-refractivity contribution in [1.82, 2.24) is 19.5 Å². The van der Waals surface area contributed by atoms with Crippen molar-refractivity contribution in [1.29, 1.82) is 0 Å². The number of hydrogen-bond donors (Lipinski definition) is 1. The van der Waals surface area contributed by atoms with E-state index < -0.39 is 26.9 Å². The monoisotopic (exact) mass is 377 g/mol. The molecule has 2 aromatic rings. The van der Waals surface area contributed by atoms with Gasteiger partial charge in [0, 0.05) is 0 Å². The summed E-state index contributed by atoms with van der Waals surface area (Å²) < 4.78 is 27.5. The zero-order valence-electron chi connectivity index (χ0n) is 15.5. The van der Waals surface area contributed by atoms with Crippen LogP contribution < -0.4 is 5.73 Å². The van der Waals surface area contributed by atoms with Gasteiger partial charge in [-0.3, -0.25) is 4.57 Å². The van der Waals surface area contributed by atoms with Crippen LogP contribution in [0.1, 0.15) is 39.8 Å². The fraction of sp³-hybridized carbons (Fsp3) is 0.588. The van der Waals surface area contributed by atoms with Crippen LogP contribution in [0.25, 0.3) is 11.2 Å². The molecule has 7 nitrogen and oxygen atoms in total. The molecular weight excluding hydrogens is 353 g/mol. The molecule has 1 unspecified atom stereocenters. The van der Waals surface area contributed by atoms with E-state index in [9.17, 15) is 4.39 Å². The molecule has 2 aromatic heterocycles. The Labute approximate surface area is 153 Å². The minimum absolute atomic E-state index is 0.000736. The Balaban J connectivity index is 1.80. The van der Waals surface area contributed by atoms with Crippen molar-refractivity contribution in [2.75, 3.05) is 12.3 Å². The molecule has 140 valence electrons. The molecule has 26 heavy (non-hydrogen) atoms. The summed E-state index contributed by atoms with van der Waals surface area (Å²) in [7, 11) is -1.42. The van der Waals surface area contributed by atoms with Crippen LogP contribution in [-0.4, -0.2) is 40.8 Å². The minimum atomic E-state index is -1.42. The van der Waals surface area contributed by atoms with Gasteiger partial charge in [-0.25, -0.2) is 4.98 Å². The summed E-state index contributed by atoms with van der Waals surface area (Å²) in [6.07, 6.45) is 7.29. The maximum absolute atomic E-state index is 13.5. The van der Waals surface area contributed by atoms with Crippen LogP contribution in [0.3, 0.4) is 0 Å². The molecule has 0 aromatic carbocycles. The van der Waals surface area contributed by atoms with E-state index in [1.807, 2.05) is 0 Å². The minimum Gasteiger partial charge on any atom is -0.416 e. The molecule has 1 fully saturated rings. The first kappa shape index (κ1) is 18.8. The van der Waals surface area contributed by atoms with Crippen molar-refractivity contribution in [2.45, 2.75) is 57.0 Å². The number of ether oxygens (including phenoxy) is 1. The normalized spacial score (nSPS) is 24.7. The van der Waals surface area contributed by atoms with Gasteiger partial charge in [-0.2, -0.15) is 14.4 Å². The third kappa shape index (κ3) is 3.45. The van der Waals surface area contributed by atoms with Crippen LogP contribution >= 0.6 is 0 Å². The molecule has 3 atom stereocenters. The topological polar surface area (TPSA) is 88.1 Å². The predicted octanol–water partition coefficient (Wildman–Crippen LogP) is 2.40. The molecule has 3 rings (SSSR count). The second-order valence-electron chi connectivity index (χ2n) is 7.77. The summed E-state index contributed by atoms with van der Waals surface area (Å²) in [6, 6.07) is 0. The van der Waals surface area contributed by atoms with Gasteiger partial charge < -0.3 is 14.9 Å². The molecule has 0 saturated carbocycles. The van der Waals surface area contributed by atoms with E-state index in [1.54, 1.807) is 4.57 Å². The molecule has 3 heterocycles. The summed E-state index contributed by atoms with van der Waals surface area (Å²) >= 11 is 0. The number of anilines is 1.